The Hall–Kier alpha value is -1.07. The summed E-state index contributed by atoms with van der Waals surface area (Å²) in [7, 11) is 0. The Bertz CT molecular complexity index is 333. The Morgan fingerprint density at radius 3 is 2.94 bits per heavy atom. The zero-order valence-electron chi connectivity index (χ0n) is 9.53. The number of anilines is 1. The molecule has 0 fully saturated rings. The predicted molar refractivity (Wildman–Crippen MR) is 64.4 cm³/mol. The fraction of sp³-hybridized carbons (Fsp3) is 0.600. The molecule has 1 aromatic rings. The van der Waals surface area contributed by atoms with Gasteiger partial charge in [0.1, 0.15) is 5.02 Å². The molecule has 0 spiro atoms. The molecule has 5 nitrogen and oxygen atoms in total. The Balaban J connectivity index is 2.46. The summed E-state index contributed by atoms with van der Waals surface area (Å²) in [6, 6.07) is 0. The van der Waals surface area contributed by atoms with Crippen LogP contribution in [-0.4, -0.2) is 16.6 Å². The predicted octanol–water partition coefficient (Wildman–Crippen LogP) is 2.23. The van der Waals surface area contributed by atoms with E-state index in [9.17, 15) is 0 Å². The summed E-state index contributed by atoms with van der Waals surface area (Å²) in [6.07, 6.45) is 3.55. The fourth-order valence-electron chi connectivity index (χ4n) is 1.18. The molecule has 16 heavy (non-hydrogen) atoms. The first-order valence-electron chi connectivity index (χ1n) is 5.25. The number of aromatic nitrogens is 2. The van der Waals surface area contributed by atoms with Crippen molar-refractivity contribution < 1.29 is 4.74 Å². The first-order valence-corrected chi connectivity index (χ1v) is 5.63. The van der Waals surface area contributed by atoms with Gasteiger partial charge in [-0.2, -0.15) is 4.98 Å². The molecule has 1 aromatic heterocycles. The minimum absolute atomic E-state index is 0.295. The van der Waals surface area contributed by atoms with Crippen LogP contribution in [0.25, 0.3) is 0 Å². The number of halogens is 1. The lowest BCUT2D eigenvalue weighted by atomic mass is 10.1. The van der Waals surface area contributed by atoms with Crippen LogP contribution in [0, 0.1) is 5.92 Å². The lowest BCUT2D eigenvalue weighted by molar-refractivity contribution is 0.287. The van der Waals surface area contributed by atoms with Gasteiger partial charge in [0.05, 0.1) is 12.8 Å². The molecule has 1 heterocycles. The van der Waals surface area contributed by atoms with Crippen LogP contribution in [0.1, 0.15) is 26.7 Å². The SMILES string of the molecule is CC(C)CCCOc1nc(NN)ncc1Cl. The van der Waals surface area contributed by atoms with Crippen LogP contribution in [0.15, 0.2) is 6.20 Å². The number of nitrogens with two attached hydrogens (primary N) is 1. The second-order valence-electron chi connectivity index (χ2n) is 3.88. The molecule has 0 bridgehead atoms. The summed E-state index contributed by atoms with van der Waals surface area (Å²) < 4.78 is 5.45. The van der Waals surface area contributed by atoms with Crippen molar-refractivity contribution in [2.45, 2.75) is 26.7 Å². The van der Waals surface area contributed by atoms with Crippen molar-refractivity contribution in [2.24, 2.45) is 11.8 Å². The summed E-state index contributed by atoms with van der Waals surface area (Å²) in [5.74, 6) is 6.53. The van der Waals surface area contributed by atoms with Crippen LogP contribution in [0.5, 0.6) is 5.88 Å². The van der Waals surface area contributed by atoms with E-state index in [1.54, 1.807) is 0 Å². The number of nitrogens with zero attached hydrogens (tertiary/aromatic N) is 2. The minimum Gasteiger partial charge on any atom is -0.476 e. The average molecular weight is 245 g/mol. The molecule has 3 N–H and O–H groups in total. The van der Waals surface area contributed by atoms with Crippen LogP contribution in [0.2, 0.25) is 5.02 Å². The Morgan fingerprint density at radius 2 is 2.31 bits per heavy atom. The van der Waals surface area contributed by atoms with Crippen LogP contribution >= 0.6 is 11.6 Å². The molecule has 0 amide bonds. The molecule has 0 saturated carbocycles. The minimum atomic E-state index is 0.295. The third-order valence-corrected chi connectivity index (χ3v) is 2.26. The van der Waals surface area contributed by atoms with E-state index in [1.807, 2.05) is 0 Å². The van der Waals surface area contributed by atoms with Gasteiger partial charge in [-0.25, -0.2) is 10.8 Å². The maximum absolute atomic E-state index is 5.88. The lowest BCUT2D eigenvalue weighted by Crippen LogP contribution is -2.11. The van der Waals surface area contributed by atoms with Gasteiger partial charge in [-0.1, -0.05) is 25.4 Å². The highest BCUT2D eigenvalue weighted by Gasteiger charge is 2.05. The molecule has 0 saturated heterocycles. The van der Waals surface area contributed by atoms with E-state index < -0.39 is 0 Å². The molecule has 0 aliphatic rings. The third kappa shape index (κ3) is 4.20. The quantitative estimate of drug-likeness (QED) is 0.456. The van der Waals surface area contributed by atoms with Crippen molar-refractivity contribution in [1.82, 2.24) is 9.97 Å². The highest BCUT2D eigenvalue weighted by atomic mass is 35.5. The van der Waals surface area contributed by atoms with Crippen molar-refractivity contribution in [1.29, 1.82) is 0 Å². The summed E-state index contributed by atoms with van der Waals surface area (Å²) in [5.41, 5.74) is 2.34. The molecular weight excluding hydrogens is 228 g/mol. The smallest absolute Gasteiger partial charge is 0.240 e. The Kier molecular flexibility index (Phi) is 5.28. The van der Waals surface area contributed by atoms with E-state index in [2.05, 4.69) is 29.2 Å². The molecule has 0 radical (unpaired) electrons. The second kappa shape index (κ2) is 6.50. The highest BCUT2D eigenvalue weighted by Crippen LogP contribution is 2.21. The van der Waals surface area contributed by atoms with Gasteiger partial charge in [0, 0.05) is 0 Å². The number of hydrazine groups is 1. The number of nitrogens with one attached hydrogen (secondary N) is 1. The molecule has 1 rings (SSSR count). The molecule has 90 valence electrons. The molecule has 0 unspecified atom stereocenters. The number of ether oxygens (including phenoxy) is 1. The van der Waals surface area contributed by atoms with Crippen molar-refractivity contribution in [2.75, 3.05) is 12.0 Å². The van der Waals surface area contributed by atoms with E-state index in [0.29, 0.717) is 29.4 Å². The van der Waals surface area contributed by atoms with Gasteiger partial charge in [-0.15, -0.1) is 0 Å². The van der Waals surface area contributed by atoms with Crippen LogP contribution in [-0.2, 0) is 0 Å². The zero-order valence-corrected chi connectivity index (χ0v) is 10.3. The maximum atomic E-state index is 5.88. The summed E-state index contributed by atoms with van der Waals surface area (Å²) in [4.78, 5) is 7.86. The van der Waals surface area contributed by atoms with Crippen molar-refractivity contribution >= 4 is 17.5 Å². The van der Waals surface area contributed by atoms with Crippen molar-refractivity contribution in [3.63, 3.8) is 0 Å². The van der Waals surface area contributed by atoms with Gasteiger partial charge in [0.2, 0.25) is 11.8 Å². The highest BCUT2D eigenvalue weighted by molar-refractivity contribution is 6.31. The van der Waals surface area contributed by atoms with E-state index in [1.165, 1.54) is 6.20 Å². The van der Waals surface area contributed by atoms with Gasteiger partial charge in [0.15, 0.2) is 0 Å². The molecule has 0 atom stereocenters. The Labute approximate surface area is 100 Å². The molecular formula is C10H17ClN4O. The van der Waals surface area contributed by atoms with Crippen LogP contribution in [0.4, 0.5) is 5.95 Å². The van der Waals surface area contributed by atoms with E-state index >= 15 is 0 Å². The number of hydrogen-bond acceptors (Lipinski definition) is 5. The summed E-state index contributed by atoms with van der Waals surface area (Å²) in [6.45, 7) is 4.95. The van der Waals surface area contributed by atoms with E-state index in [4.69, 9.17) is 22.2 Å². The molecule has 0 aromatic carbocycles. The van der Waals surface area contributed by atoms with Gasteiger partial charge in [-0.05, 0) is 18.8 Å². The molecule has 0 aliphatic carbocycles. The fourth-order valence-corrected chi connectivity index (χ4v) is 1.33. The Morgan fingerprint density at radius 1 is 1.56 bits per heavy atom. The topological polar surface area (TPSA) is 73.1 Å². The van der Waals surface area contributed by atoms with Gasteiger partial charge in [0.25, 0.3) is 0 Å². The number of hydrogen-bond donors (Lipinski definition) is 2. The van der Waals surface area contributed by atoms with E-state index in [0.717, 1.165) is 12.8 Å². The molecule has 6 heteroatoms. The zero-order chi connectivity index (χ0) is 12.0. The monoisotopic (exact) mass is 244 g/mol. The van der Waals surface area contributed by atoms with Gasteiger partial charge < -0.3 is 4.74 Å². The average Bonchev–Trinajstić information content (AvgIpc) is 2.26. The summed E-state index contributed by atoms with van der Waals surface area (Å²) >= 11 is 5.88. The van der Waals surface area contributed by atoms with Crippen LogP contribution < -0.4 is 16.0 Å². The molecule has 0 aliphatic heterocycles. The van der Waals surface area contributed by atoms with E-state index in [-0.39, 0.29) is 0 Å². The number of nitrogen functional groups attached to an aromatic ring is 1. The standard InChI is InChI=1S/C10H17ClN4O/c1-7(2)4-3-5-16-9-8(11)6-13-10(14-9)15-12/h6-7H,3-5,12H2,1-2H3,(H,13,14,15). The maximum Gasteiger partial charge on any atom is 0.240 e. The largest absolute Gasteiger partial charge is 0.476 e. The second-order valence-corrected chi connectivity index (χ2v) is 4.28. The van der Waals surface area contributed by atoms with Gasteiger partial charge >= 0.3 is 0 Å². The first-order chi connectivity index (χ1) is 7.63. The normalized spacial score (nSPS) is 10.6. The lowest BCUT2D eigenvalue weighted by Gasteiger charge is -2.08. The van der Waals surface area contributed by atoms with Crippen molar-refractivity contribution in [3.8, 4) is 5.88 Å². The third-order valence-electron chi connectivity index (χ3n) is 2.01. The van der Waals surface area contributed by atoms with Gasteiger partial charge in [-0.3, -0.25) is 5.43 Å². The van der Waals surface area contributed by atoms with Crippen LogP contribution in [0.3, 0.4) is 0 Å². The van der Waals surface area contributed by atoms with Crippen molar-refractivity contribution in [3.05, 3.63) is 11.2 Å². The first kappa shape index (κ1) is 13.0. The number of rotatable bonds is 6. The summed E-state index contributed by atoms with van der Waals surface area (Å²) in [5, 5.41) is 0.392.